The largest absolute Gasteiger partial charge is 0.508 e. The van der Waals surface area contributed by atoms with Crippen LogP contribution in [0.5, 0.6) is 5.75 Å². The van der Waals surface area contributed by atoms with E-state index in [4.69, 9.17) is 11.6 Å². The number of H-pyrrole nitrogens is 1. The first-order valence-corrected chi connectivity index (χ1v) is 8.46. The van der Waals surface area contributed by atoms with Gasteiger partial charge in [0.25, 0.3) is 0 Å². The highest BCUT2D eigenvalue weighted by Gasteiger charge is 2.18. The lowest BCUT2D eigenvalue weighted by atomic mass is 10.2. The number of hydrogen-bond acceptors (Lipinski definition) is 4. The second-order valence-electron chi connectivity index (χ2n) is 6.13. The molecule has 1 saturated heterocycles. The lowest BCUT2D eigenvalue weighted by molar-refractivity contribution is 0.250. The van der Waals surface area contributed by atoms with Crippen LogP contribution in [0.1, 0.15) is 5.56 Å². The topological polar surface area (TPSA) is 55.4 Å². The van der Waals surface area contributed by atoms with Crippen molar-refractivity contribution in [3.8, 4) is 5.75 Å². The van der Waals surface area contributed by atoms with Crippen LogP contribution in [0, 0.1) is 0 Å². The van der Waals surface area contributed by atoms with E-state index in [0.29, 0.717) is 10.9 Å². The van der Waals surface area contributed by atoms with Gasteiger partial charge in [0.1, 0.15) is 16.5 Å². The Hall–Kier alpha value is -2.24. The minimum Gasteiger partial charge on any atom is -0.508 e. The predicted molar refractivity (Wildman–Crippen MR) is 96.7 cm³/mol. The highest BCUT2D eigenvalue weighted by molar-refractivity contribution is 6.29. The van der Waals surface area contributed by atoms with E-state index in [0.717, 1.165) is 49.4 Å². The Balaban J connectivity index is 1.42. The molecule has 5 nitrogen and oxygen atoms in total. The number of hydrogen-bond donors (Lipinski definition) is 2. The molecule has 1 aliphatic rings. The zero-order chi connectivity index (χ0) is 16.5. The number of fused-ring (bicyclic) bond motifs is 1. The summed E-state index contributed by atoms with van der Waals surface area (Å²) < 4.78 is 0. The van der Waals surface area contributed by atoms with Gasteiger partial charge in [-0.05, 0) is 29.8 Å². The standard InChI is InChI=1S/C18H19ClN4O/c19-17-5-4-16-13(11-20-18(16)21-17)12-22-6-8-23(9-7-22)14-2-1-3-15(24)10-14/h1-5,10-11,24H,6-9,12H2,(H,20,21). The summed E-state index contributed by atoms with van der Waals surface area (Å²) in [6, 6.07) is 11.3. The van der Waals surface area contributed by atoms with Gasteiger partial charge in [0.2, 0.25) is 0 Å². The molecule has 3 heterocycles. The molecule has 0 bridgehead atoms. The Morgan fingerprint density at radius 1 is 1.12 bits per heavy atom. The highest BCUT2D eigenvalue weighted by atomic mass is 35.5. The van der Waals surface area contributed by atoms with E-state index >= 15 is 0 Å². The molecule has 0 amide bonds. The van der Waals surface area contributed by atoms with Crippen LogP contribution in [0.2, 0.25) is 5.15 Å². The maximum Gasteiger partial charge on any atom is 0.139 e. The minimum atomic E-state index is 0.319. The van der Waals surface area contributed by atoms with Crippen molar-refractivity contribution in [3.05, 3.63) is 53.3 Å². The van der Waals surface area contributed by atoms with Gasteiger partial charge in [-0.25, -0.2) is 4.98 Å². The summed E-state index contributed by atoms with van der Waals surface area (Å²) in [4.78, 5) is 12.3. The highest BCUT2D eigenvalue weighted by Crippen LogP contribution is 2.23. The van der Waals surface area contributed by atoms with Crippen LogP contribution in [-0.4, -0.2) is 46.2 Å². The van der Waals surface area contributed by atoms with Crippen LogP contribution >= 0.6 is 11.6 Å². The Labute approximate surface area is 145 Å². The maximum absolute atomic E-state index is 9.63. The Morgan fingerprint density at radius 3 is 2.75 bits per heavy atom. The third kappa shape index (κ3) is 3.05. The van der Waals surface area contributed by atoms with E-state index in [-0.39, 0.29) is 0 Å². The normalized spacial score (nSPS) is 16.0. The number of rotatable bonds is 3. The van der Waals surface area contributed by atoms with Gasteiger partial charge in [-0.3, -0.25) is 4.90 Å². The summed E-state index contributed by atoms with van der Waals surface area (Å²) in [6.45, 7) is 4.79. The molecule has 0 unspecified atom stereocenters. The Bertz CT molecular complexity index is 855. The van der Waals surface area contributed by atoms with Crippen LogP contribution in [-0.2, 0) is 6.54 Å². The first-order chi connectivity index (χ1) is 11.7. The number of aromatic nitrogens is 2. The van der Waals surface area contributed by atoms with Crippen LogP contribution in [0.15, 0.2) is 42.6 Å². The summed E-state index contributed by atoms with van der Waals surface area (Å²) in [5, 5.41) is 11.3. The molecule has 1 aliphatic heterocycles. The van der Waals surface area contributed by atoms with E-state index in [1.54, 1.807) is 6.07 Å². The number of pyridine rings is 1. The Morgan fingerprint density at radius 2 is 1.96 bits per heavy atom. The van der Waals surface area contributed by atoms with Crippen molar-refractivity contribution in [3.63, 3.8) is 0 Å². The van der Waals surface area contributed by atoms with Crippen LogP contribution in [0.25, 0.3) is 11.0 Å². The lowest BCUT2D eigenvalue weighted by Gasteiger charge is -2.36. The van der Waals surface area contributed by atoms with Gasteiger partial charge < -0.3 is 15.0 Å². The average molecular weight is 343 g/mol. The fraction of sp³-hybridized carbons (Fsp3) is 0.278. The summed E-state index contributed by atoms with van der Waals surface area (Å²) in [6.07, 6.45) is 2.02. The molecule has 1 aromatic carbocycles. The van der Waals surface area contributed by atoms with E-state index in [2.05, 4.69) is 19.8 Å². The van der Waals surface area contributed by atoms with E-state index in [9.17, 15) is 5.11 Å². The zero-order valence-electron chi connectivity index (χ0n) is 13.2. The molecule has 124 valence electrons. The van der Waals surface area contributed by atoms with Crippen molar-refractivity contribution in [2.45, 2.75) is 6.54 Å². The number of halogens is 1. The van der Waals surface area contributed by atoms with Crippen LogP contribution < -0.4 is 4.90 Å². The number of benzene rings is 1. The predicted octanol–water partition coefficient (Wildman–Crippen LogP) is 3.24. The number of phenols is 1. The number of anilines is 1. The fourth-order valence-corrected chi connectivity index (χ4v) is 3.41. The van der Waals surface area contributed by atoms with Gasteiger partial charge in [-0.15, -0.1) is 0 Å². The van der Waals surface area contributed by atoms with Crippen molar-refractivity contribution in [2.75, 3.05) is 31.1 Å². The third-order valence-electron chi connectivity index (χ3n) is 4.55. The second-order valence-corrected chi connectivity index (χ2v) is 6.51. The van der Waals surface area contributed by atoms with Crippen molar-refractivity contribution < 1.29 is 5.11 Å². The summed E-state index contributed by atoms with van der Waals surface area (Å²) >= 11 is 5.94. The van der Waals surface area contributed by atoms with Crippen molar-refractivity contribution in [2.24, 2.45) is 0 Å². The summed E-state index contributed by atoms with van der Waals surface area (Å²) in [5.74, 6) is 0.319. The van der Waals surface area contributed by atoms with Gasteiger partial charge in [-0.2, -0.15) is 0 Å². The molecule has 0 spiro atoms. The zero-order valence-corrected chi connectivity index (χ0v) is 14.0. The number of aromatic amines is 1. The van der Waals surface area contributed by atoms with Crippen LogP contribution in [0.4, 0.5) is 5.69 Å². The average Bonchev–Trinajstić information content (AvgIpc) is 2.97. The van der Waals surface area contributed by atoms with Crippen molar-refractivity contribution >= 4 is 28.3 Å². The number of aromatic hydroxyl groups is 1. The van der Waals surface area contributed by atoms with Crippen molar-refractivity contribution in [1.82, 2.24) is 14.9 Å². The molecule has 4 rings (SSSR count). The Kier molecular flexibility index (Phi) is 4.04. The molecule has 3 aromatic rings. The molecule has 0 atom stereocenters. The smallest absolute Gasteiger partial charge is 0.139 e. The van der Waals surface area contributed by atoms with Gasteiger partial charge in [0.15, 0.2) is 0 Å². The molecule has 24 heavy (non-hydrogen) atoms. The molecule has 1 fully saturated rings. The quantitative estimate of drug-likeness (QED) is 0.717. The van der Waals surface area contributed by atoms with Crippen LogP contribution in [0.3, 0.4) is 0 Å². The molecule has 2 N–H and O–H groups in total. The molecule has 0 saturated carbocycles. The third-order valence-corrected chi connectivity index (χ3v) is 4.76. The van der Waals surface area contributed by atoms with Gasteiger partial charge in [-0.1, -0.05) is 17.7 Å². The minimum absolute atomic E-state index is 0.319. The molecule has 2 aromatic heterocycles. The van der Waals surface area contributed by atoms with E-state index < -0.39 is 0 Å². The van der Waals surface area contributed by atoms with Gasteiger partial charge in [0, 0.05) is 56.1 Å². The molecule has 6 heteroatoms. The molecule has 0 aliphatic carbocycles. The number of nitrogens with one attached hydrogen (secondary N) is 1. The van der Waals surface area contributed by atoms with Gasteiger partial charge >= 0.3 is 0 Å². The molecular weight excluding hydrogens is 324 g/mol. The fourth-order valence-electron chi connectivity index (χ4n) is 3.26. The SMILES string of the molecule is Oc1cccc(N2CCN(Cc3c[nH]c4nc(Cl)ccc34)CC2)c1. The number of phenolic OH excluding ortho intramolecular Hbond substituents is 1. The van der Waals surface area contributed by atoms with Gasteiger partial charge in [0.05, 0.1) is 0 Å². The van der Waals surface area contributed by atoms with Crippen molar-refractivity contribution in [1.29, 1.82) is 0 Å². The molecular formula is C18H19ClN4O. The summed E-state index contributed by atoms with van der Waals surface area (Å²) in [7, 11) is 0. The lowest BCUT2D eigenvalue weighted by Crippen LogP contribution is -2.45. The number of nitrogens with zero attached hydrogens (tertiary/aromatic N) is 3. The van der Waals surface area contributed by atoms with E-state index in [1.165, 1.54) is 5.56 Å². The number of piperazine rings is 1. The maximum atomic E-state index is 9.63. The summed E-state index contributed by atoms with van der Waals surface area (Å²) in [5.41, 5.74) is 3.18. The first kappa shape index (κ1) is 15.3. The van der Waals surface area contributed by atoms with E-state index in [1.807, 2.05) is 36.5 Å². The first-order valence-electron chi connectivity index (χ1n) is 8.08. The second kappa shape index (κ2) is 6.34. The molecule has 0 radical (unpaired) electrons. The monoisotopic (exact) mass is 342 g/mol.